The van der Waals surface area contributed by atoms with Gasteiger partial charge in [0.05, 0.1) is 11.3 Å². The number of anilines is 1. The normalized spacial score (nSPS) is 13.1. The summed E-state index contributed by atoms with van der Waals surface area (Å²) in [4.78, 5) is 12.5. The largest absolute Gasteiger partial charge is 0.489 e. The first-order valence-electron chi connectivity index (χ1n) is 6.52. The van der Waals surface area contributed by atoms with Crippen molar-refractivity contribution in [1.82, 2.24) is 0 Å². The summed E-state index contributed by atoms with van der Waals surface area (Å²) < 4.78 is 6.60. The predicted molar refractivity (Wildman–Crippen MR) is 82.6 cm³/mol. The first-order chi connectivity index (χ1) is 9.75. The number of hydrogen-bond donors (Lipinski definition) is 1. The van der Waals surface area contributed by atoms with Gasteiger partial charge in [-0.15, -0.1) is 0 Å². The fourth-order valence-corrected chi connectivity index (χ4v) is 2.73. The van der Waals surface area contributed by atoms with E-state index in [1.807, 2.05) is 42.5 Å². The van der Waals surface area contributed by atoms with Gasteiger partial charge in [-0.2, -0.15) is 0 Å². The summed E-state index contributed by atoms with van der Waals surface area (Å²) in [6.45, 7) is 1.36. The molecule has 2 aromatic carbocycles. The summed E-state index contributed by atoms with van der Waals surface area (Å²) in [6.07, 6.45) is 0.362. The van der Waals surface area contributed by atoms with Crippen molar-refractivity contribution in [2.75, 3.05) is 18.5 Å². The number of benzene rings is 2. The van der Waals surface area contributed by atoms with Crippen molar-refractivity contribution in [2.45, 2.75) is 6.42 Å². The number of hydrogen-bond acceptors (Lipinski definition) is 3. The summed E-state index contributed by atoms with van der Waals surface area (Å²) in [5.74, 6) is 0.744. The third-order valence-corrected chi connectivity index (χ3v) is 4.06. The zero-order valence-corrected chi connectivity index (χ0v) is 12.4. The van der Waals surface area contributed by atoms with E-state index in [9.17, 15) is 4.79 Å². The van der Waals surface area contributed by atoms with E-state index >= 15 is 0 Å². The number of ether oxygens (including phenoxy) is 1. The number of Topliss-reactive ketones (excluding diaryl/α,β-unsaturated/α-hetero) is 1. The van der Waals surface area contributed by atoms with Crippen LogP contribution < -0.4 is 10.1 Å². The van der Waals surface area contributed by atoms with Crippen LogP contribution in [0.4, 0.5) is 5.69 Å². The third kappa shape index (κ3) is 2.56. The maximum absolute atomic E-state index is 12.5. The number of carbonyl (C=O) groups is 1. The van der Waals surface area contributed by atoms with Crippen molar-refractivity contribution in [2.24, 2.45) is 0 Å². The molecule has 0 aromatic heterocycles. The van der Waals surface area contributed by atoms with Gasteiger partial charge in [0.25, 0.3) is 0 Å². The Balaban J connectivity index is 1.90. The lowest BCUT2D eigenvalue weighted by Crippen LogP contribution is -2.20. The number of ketones is 1. The number of nitrogens with one attached hydrogen (secondary N) is 1. The molecule has 20 heavy (non-hydrogen) atoms. The van der Waals surface area contributed by atoms with Gasteiger partial charge in [0.2, 0.25) is 0 Å². The minimum atomic E-state index is 0.0671. The van der Waals surface area contributed by atoms with Gasteiger partial charge in [-0.1, -0.05) is 40.2 Å². The molecule has 3 rings (SSSR count). The van der Waals surface area contributed by atoms with E-state index in [-0.39, 0.29) is 5.78 Å². The number of fused-ring (bicyclic) bond motifs is 1. The molecule has 4 heteroatoms. The molecule has 102 valence electrons. The minimum Gasteiger partial charge on any atom is -0.489 e. The predicted octanol–water partition coefficient (Wildman–Crippen LogP) is 3.68. The first-order valence-corrected chi connectivity index (χ1v) is 7.31. The molecule has 0 atom stereocenters. The van der Waals surface area contributed by atoms with Crippen molar-refractivity contribution >= 4 is 27.4 Å². The molecule has 0 amide bonds. The highest BCUT2D eigenvalue weighted by Crippen LogP contribution is 2.32. The molecule has 1 N–H and O–H groups in total. The Morgan fingerprint density at radius 3 is 2.90 bits per heavy atom. The summed E-state index contributed by atoms with van der Waals surface area (Å²) in [7, 11) is 0. The smallest absolute Gasteiger partial charge is 0.171 e. The summed E-state index contributed by atoms with van der Waals surface area (Å²) in [5.41, 5.74) is 2.53. The third-order valence-electron chi connectivity index (χ3n) is 3.29. The first kappa shape index (κ1) is 13.2. The topological polar surface area (TPSA) is 38.3 Å². The lowest BCUT2D eigenvalue weighted by Gasteiger charge is -2.21. The summed E-state index contributed by atoms with van der Waals surface area (Å²) >= 11 is 3.48. The monoisotopic (exact) mass is 331 g/mol. The van der Waals surface area contributed by atoms with Gasteiger partial charge in [-0.3, -0.25) is 4.79 Å². The van der Waals surface area contributed by atoms with Crippen LogP contribution in [0.1, 0.15) is 15.9 Å². The molecule has 0 fully saturated rings. The molecule has 3 nitrogen and oxygen atoms in total. The van der Waals surface area contributed by atoms with Gasteiger partial charge < -0.3 is 10.1 Å². The average Bonchev–Trinajstić information content (AvgIpc) is 2.49. The number of para-hydroxylation sites is 1. The van der Waals surface area contributed by atoms with E-state index in [4.69, 9.17) is 4.74 Å². The second-order valence-electron chi connectivity index (χ2n) is 4.65. The van der Waals surface area contributed by atoms with Crippen LogP contribution in [0.2, 0.25) is 0 Å². The Bertz CT molecular complexity index is 655. The standard InChI is InChI=1S/C16H14BrNO2/c17-13-6-2-1-4-11(13)10-15(19)12-5-3-7-14-16(12)20-9-8-18-14/h1-7,18H,8-10H2. The van der Waals surface area contributed by atoms with Crippen molar-refractivity contribution in [1.29, 1.82) is 0 Å². The van der Waals surface area contributed by atoms with Crippen LogP contribution in [0, 0.1) is 0 Å². The average molecular weight is 332 g/mol. The second kappa shape index (κ2) is 5.67. The van der Waals surface area contributed by atoms with Gasteiger partial charge in [-0.25, -0.2) is 0 Å². The number of carbonyl (C=O) groups excluding carboxylic acids is 1. The lowest BCUT2D eigenvalue weighted by molar-refractivity contribution is 0.0989. The summed E-state index contributed by atoms with van der Waals surface area (Å²) in [5, 5.41) is 3.25. The minimum absolute atomic E-state index is 0.0671. The Hall–Kier alpha value is -1.81. The SMILES string of the molecule is O=C(Cc1ccccc1Br)c1cccc2c1OCCN2. The molecule has 0 aliphatic carbocycles. The van der Waals surface area contributed by atoms with Crippen LogP contribution in [0.5, 0.6) is 5.75 Å². The van der Waals surface area contributed by atoms with Gasteiger partial charge in [0.1, 0.15) is 6.61 Å². The zero-order valence-electron chi connectivity index (χ0n) is 10.9. The molecule has 0 unspecified atom stereocenters. The van der Waals surface area contributed by atoms with Crippen molar-refractivity contribution in [3.63, 3.8) is 0 Å². The summed E-state index contributed by atoms with van der Waals surface area (Å²) in [6, 6.07) is 13.4. The Kier molecular flexibility index (Phi) is 3.74. The van der Waals surface area contributed by atoms with Crippen LogP contribution >= 0.6 is 15.9 Å². The van der Waals surface area contributed by atoms with Crippen molar-refractivity contribution < 1.29 is 9.53 Å². The lowest BCUT2D eigenvalue weighted by atomic mass is 10.0. The Morgan fingerprint density at radius 1 is 1.20 bits per heavy atom. The van der Waals surface area contributed by atoms with E-state index < -0.39 is 0 Å². The van der Waals surface area contributed by atoms with Gasteiger partial charge >= 0.3 is 0 Å². The van der Waals surface area contributed by atoms with E-state index in [0.717, 1.165) is 22.3 Å². The molecule has 0 saturated carbocycles. The highest BCUT2D eigenvalue weighted by molar-refractivity contribution is 9.10. The van der Waals surface area contributed by atoms with E-state index in [1.54, 1.807) is 0 Å². The van der Waals surface area contributed by atoms with Gasteiger partial charge in [-0.05, 0) is 23.8 Å². The molecule has 0 radical (unpaired) electrons. The van der Waals surface area contributed by atoms with Crippen LogP contribution in [0.3, 0.4) is 0 Å². The molecule has 0 spiro atoms. The molecule has 2 aromatic rings. The molecule has 0 saturated heterocycles. The Labute approximate surface area is 126 Å². The molecular weight excluding hydrogens is 318 g/mol. The second-order valence-corrected chi connectivity index (χ2v) is 5.50. The van der Waals surface area contributed by atoms with Gasteiger partial charge in [0.15, 0.2) is 11.5 Å². The van der Waals surface area contributed by atoms with E-state index in [2.05, 4.69) is 21.2 Å². The molecule has 1 aliphatic rings. The van der Waals surface area contributed by atoms with Gasteiger partial charge in [0, 0.05) is 17.4 Å². The number of rotatable bonds is 3. The quantitative estimate of drug-likeness (QED) is 0.872. The van der Waals surface area contributed by atoms with Crippen LogP contribution in [0.15, 0.2) is 46.9 Å². The molecular formula is C16H14BrNO2. The van der Waals surface area contributed by atoms with Crippen LogP contribution in [-0.2, 0) is 6.42 Å². The highest BCUT2D eigenvalue weighted by Gasteiger charge is 2.19. The Morgan fingerprint density at radius 2 is 2.05 bits per heavy atom. The van der Waals surface area contributed by atoms with E-state index in [0.29, 0.717) is 24.3 Å². The highest BCUT2D eigenvalue weighted by atomic mass is 79.9. The number of halogens is 1. The van der Waals surface area contributed by atoms with Crippen LogP contribution in [0.25, 0.3) is 0 Å². The maximum Gasteiger partial charge on any atom is 0.171 e. The molecule has 1 heterocycles. The maximum atomic E-state index is 12.5. The zero-order chi connectivity index (χ0) is 13.9. The van der Waals surface area contributed by atoms with Crippen molar-refractivity contribution in [3.8, 4) is 5.75 Å². The van der Waals surface area contributed by atoms with Crippen LogP contribution in [-0.4, -0.2) is 18.9 Å². The fourth-order valence-electron chi connectivity index (χ4n) is 2.30. The fraction of sp³-hybridized carbons (Fsp3) is 0.188. The van der Waals surface area contributed by atoms with Crippen molar-refractivity contribution in [3.05, 3.63) is 58.1 Å². The molecule has 0 bridgehead atoms. The van der Waals surface area contributed by atoms with E-state index in [1.165, 1.54) is 0 Å². The molecule has 1 aliphatic heterocycles.